The predicted octanol–water partition coefficient (Wildman–Crippen LogP) is 0.962. The Hall–Kier alpha value is -1.39. The lowest BCUT2D eigenvalue weighted by atomic mass is 10.1. The second-order valence-electron chi connectivity index (χ2n) is 3.74. The first-order valence-electron chi connectivity index (χ1n) is 5.30. The Morgan fingerprint density at radius 3 is 2.81 bits per heavy atom. The van der Waals surface area contributed by atoms with Gasteiger partial charge in [-0.05, 0) is 11.6 Å². The minimum Gasteiger partial charge on any atom is -0.465 e. The molecular weight excluding hydrogens is 206 g/mol. The lowest BCUT2D eigenvalue weighted by Crippen LogP contribution is -2.48. The Morgan fingerprint density at radius 1 is 1.44 bits per heavy atom. The van der Waals surface area contributed by atoms with Gasteiger partial charge in [-0.25, -0.2) is 4.79 Å². The van der Waals surface area contributed by atoms with Crippen molar-refractivity contribution < 1.29 is 14.3 Å². The van der Waals surface area contributed by atoms with Gasteiger partial charge in [0.25, 0.3) is 0 Å². The molecule has 4 nitrogen and oxygen atoms in total. The Balaban J connectivity index is 2.03. The molecule has 0 aromatic heterocycles. The predicted molar refractivity (Wildman–Crippen MR) is 59.2 cm³/mol. The zero-order valence-electron chi connectivity index (χ0n) is 9.23. The first-order chi connectivity index (χ1) is 7.81. The van der Waals surface area contributed by atoms with Gasteiger partial charge < -0.3 is 14.8 Å². The van der Waals surface area contributed by atoms with Crippen LogP contribution in [0.4, 0.5) is 0 Å². The van der Waals surface area contributed by atoms with Crippen LogP contribution in [0.15, 0.2) is 24.3 Å². The highest BCUT2D eigenvalue weighted by molar-refractivity contribution is 5.90. The van der Waals surface area contributed by atoms with E-state index in [2.05, 4.69) is 5.32 Å². The van der Waals surface area contributed by atoms with Crippen LogP contribution in [0.2, 0.25) is 0 Å². The van der Waals surface area contributed by atoms with Crippen molar-refractivity contribution in [3.8, 4) is 0 Å². The smallest absolute Gasteiger partial charge is 0.338 e. The molecule has 0 amide bonds. The van der Waals surface area contributed by atoms with Crippen LogP contribution in [0, 0.1) is 0 Å². The van der Waals surface area contributed by atoms with E-state index < -0.39 is 0 Å². The maximum atomic E-state index is 11.5. The van der Waals surface area contributed by atoms with Gasteiger partial charge in [-0.1, -0.05) is 18.2 Å². The molecule has 0 spiro atoms. The Labute approximate surface area is 94.6 Å². The molecule has 1 fully saturated rings. The highest BCUT2D eigenvalue weighted by atomic mass is 16.5. The Bertz CT molecular complexity index is 374. The SMILES string of the molecule is COC(=O)c1ccccc1COC1CNC1. The summed E-state index contributed by atoms with van der Waals surface area (Å²) in [7, 11) is 1.38. The summed E-state index contributed by atoms with van der Waals surface area (Å²) < 4.78 is 10.3. The van der Waals surface area contributed by atoms with E-state index in [1.54, 1.807) is 6.07 Å². The maximum absolute atomic E-state index is 11.5. The molecule has 1 aromatic carbocycles. The lowest BCUT2D eigenvalue weighted by Gasteiger charge is -2.27. The molecule has 1 aromatic rings. The average Bonchev–Trinajstić information content (AvgIpc) is 2.26. The van der Waals surface area contributed by atoms with Crippen molar-refractivity contribution in [2.45, 2.75) is 12.7 Å². The number of benzene rings is 1. The molecule has 86 valence electrons. The van der Waals surface area contributed by atoms with Crippen LogP contribution in [-0.2, 0) is 16.1 Å². The number of carbonyl (C=O) groups excluding carboxylic acids is 1. The summed E-state index contributed by atoms with van der Waals surface area (Å²) in [5, 5.41) is 3.13. The molecule has 0 aliphatic carbocycles. The number of ether oxygens (including phenoxy) is 2. The lowest BCUT2D eigenvalue weighted by molar-refractivity contribution is 0.00690. The standard InChI is InChI=1S/C12H15NO3/c1-15-12(14)11-5-3-2-4-9(11)8-16-10-6-13-7-10/h2-5,10,13H,6-8H2,1H3. The second kappa shape index (κ2) is 5.09. The summed E-state index contributed by atoms with van der Waals surface area (Å²) in [6.45, 7) is 2.23. The van der Waals surface area contributed by atoms with Gasteiger partial charge in [-0.15, -0.1) is 0 Å². The minimum absolute atomic E-state index is 0.269. The van der Waals surface area contributed by atoms with Crippen LogP contribution in [0.1, 0.15) is 15.9 Å². The molecule has 0 radical (unpaired) electrons. The van der Waals surface area contributed by atoms with Crippen LogP contribution in [0.25, 0.3) is 0 Å². The van der Waals surface area contributed by atoms with Crippen LogP contribution in [0.5, 0.6) is 0 Å². The van der Waals surface area contributed by atoms with E-state index in [0.29, 0.717) is 12.2 Å². The Morgan fingerprint density at radius 2 is 2.19 bits per heavy atom. The van der Waals surface area contributed by atoms with Crippen LogP contribution >= 0.6 is 0 Å². The van der Waals surface area contributed by atoms with E-state index >= 15 is 0 Å². The molecule has 0 saturated carbocycles. The summed E-state index contributed by atoms with van der Waals surface area (Å²) in [6.07, 6.45) is 0.269. The molecule has 0 bridgehead atoms. The molecule has 0 unspecified atom stereocenters. The quantitative estimate of drug-likeness (QED) is 0.769. The fourth-order valence-electron chi connectivity index (χ4n) is 1.54. The summed E-state index contributed by atoms with van der Waals surface area (Å²) in [5.74, 6) is -0.314. The zero-order valence-corrected chi connectivity index (χ0v) is 9.23. The molecular formula is C12H15NO3. The molecule has 1 aliphatic rings. The van der Waals surface area contributed by atoms with Crippen molar-refractivity contribution >= 4 is 5.97 Å². The van der Waals surface area contributed by atoms with E-state index in [-0.39, 0.29) is 12.1 Å². The van der Waals surface area contributed by atoms with Crippen molar-refractivity contribution in [2.75, 3.05) is 20.2 Å². The molecule has 1 N–H and O–H groups in total. The highest BCUT2D eigenvalue weighted by Gasteiger charge is 2.18. The van der Waals surface area contributed by atoms with Gasteiger partial charge in [0, 0.05) is 13.1 Å². The van der Waals surface area contributed by atoms with Crippen LogP contribution < -0.4 is 5.32 Å². The number of carbonyl (C=O) groups is 1. The van der Waals surface area contributed by atoms with E-state index in [0.717, 1.165) is 18.7 Å². The van der Waals surface area contributed by atoms with E-state index in [9.17, 15) is 4.79 Å². The van der Waals surface area contributed by atoms with Crippen molar-refractivity contribution in [1.82, 2.24) is 5.32 Å². The summed E-state index contributed by atoms with van der Waals surface area (Å²) in [6, 6.07) is 7.35. The third-order valence-corrected chi connectivity index (χ3v) is 2.64. The highest BCUT2D eigenvalue weighted by Crippen LogP contribution is 2.13. The molecule has 4 heteroatoms. The van der Waals surface area contributed by atoms with Gasteiger partial charge in [0.2, 0.25) is 0 Å². The Kier molecular flexibility index (Phi) is 3.54. The molecule has 1 aliphatic heterocycles. The largest absolute Gasteiger partial charge is 0.465 e. The summed E-state index contributed by atoms with van der Waals surface area (Å²) in [4.78, 5) is 11.5. The number of hydrogen-bond acceptors (Lipinski definition) is 4. The number of esters is 1. The zero-order chi connectivity index (χ0) is 11.4. The topological polar surface area (TPSA) is 47.6 Å². The summed E-state index contributed by atoms with van der Waals surface area (Å²) in [5.41, 5.74) is 1.46. The average molecular weight is 221 g/mol. The fraction of sp³-hybridized carbons (Fsp3) is 0.417. The van der Waals surface area contributed by atoms with Crippen molar-refractivity contribution in [3.05, 3.63) is 35.4 Å². The minimum atomic E-state index is -0.314. The number of hydrogen-bond donors (Lipinski definition) is 1. The first-order valence-corrected chi connectivity index (χ1v) is 5.30. The van der Waals surface area contributed by atoms with Crippen LogP contribution in [0.3, 0.4) is 0 Å². The first kappa shape index (κ1) is 11.1. The molecule has 1 heterocycles. The van der Waals surface area contributed by atoms with Gasteiger partial charge in [0.05, 0.1) is 25.4 Å². The van der Waals surface area contributed by atoms with Gasteiger partial charge in [0.15, 0.2) is 0 Å². The number of methoxy groups -OCH3 is 1. The molecule has 1 saturated heterocycles. The monoisotopic (exact) mass is 221 g/mol. The second-order valence-corrected chi connectivity index (χ2v) is 3.74. The maximum Gasteiger partial charge on any atom is 0.338 e. The van der Waals surface area contributed by atoms with Crippen molar-refractivity contribution in [1.29, 1.82) is 0 Å². The van der Waals surface area contributed by atoms with Gasteiger partial charge >= 0.3 is 5.97 Å². The molecule has 16 heavy (non-hydrogen) atoms. The molecule has 0 atom stereocenters. The fourth-order valence-corrected chi connectivity index (χ4v) is 1.54. The third kappa shape index (κ3) is 2.40. The molecule has 2 rings (SSSR count). The summed E-state index contributed by atoms with van der Waals surface area (Å²) >= 11 is 0. The number of nitrogens with one attached hydrogen (secondary N) is 1. The van der Waals surface area contributed by atoms with Crippen molar-refractivity contribution in [3.63, 3.8) is 0 Å². The van der Waals surface area contributed by atoms with Gasteiger partial charge in [-0.2, -0.15) is 0 Å². The normalized spacial score (nSPS) is 15.6. The van der Waals surface area contributed by atoms with Gasteiger partial charge in [-0.3, -0.25) is 0 Å². The number of rotatable bonds is 4. The van der Waals surface area contributed by atoms with Gasteiger partial charge in [0.1, 0.15) is 0 Å². The van der Waals surface area contributed by atoms with Crippen LogP contribution in [-0.4, -0.2) is 32.3 Å². The van der Waals surface area contributed by atoms with Crippen molar-refractivity contribution in [2.24, 2.45) is 0 Å². The van der Waals surface area contributed by atoms with E-state index in [1.807, 2.05) is 18.2 Å². The van der Waals surface area contributed by atoms with E-state index in [1.165, 1.54) is 7.11 Å². The van der Waals surface area contributed by atoms with E-state index in [4.69, 9.17) is 9.47 Å². The third-order valence-electron chi connectivity index (χ3n) is 2.64.